The van der Waals surface area contributed by atoms with Crippen LogP contribution in [0.3, 0.4) is 0 Å². The summed E-state index contributed by atoms with van der Waals surface area (Å²) in [6.07, 6.45) is 17.8. The maximum atomic E-state index is 10.4. The minimum absolute atomic E-state index is 0.336. The van der Waals surface area contributed by atoms with E-state index in [0.29, 0.717) is 0 Å². The van der Waals surface area contributed by atoms with Crippen LogP contribution in [0.5, 0.6) is 0 Å². The molecule has 0 saturated carbocycles. The second-order valence-corrected chi connectivity index (χ2v) is 4.78. The summed E-state index contributed by atoms with van der Waals surface area (Å²) >= 11 is 0. The van der Waals surface area contributed by atoms with Crippen LogP contribution in [0, 0.1) is 0 Å². The first-order valence-corrected chi connectivity index (χ1v) is 7.23. The summed E-state index contributed by atoms with van der Waals surface area (Å²) in [5.41, 5.74) is 5.00. The fraction of sp³-hybridized carbons (Fsp3) is 0.800. The average Bonchev–Trinajstić information content (AvgIpc) is 2.30. The first-order chi connectivity index (χ1) is 8.27. The van der Waals surface area contributed by atoms with Gasteiger partial charge < -0.3 is 5.73 Å². The lowest BCUT2D eigenvalue weighted by atomic mass is 10.1. The maximum absolute atomic E-state index is 10.4. The Bertz CT molecular complexity index is 199. The van der Waals surface area contributed by atoms with Crippen LogP contribution in [0.25, 0.3) is 0 Å². The van der Waals surface area contributed by atoms with Crippen LogP contribution in [0.2, 0.25) is 0 Å². The molecule has 0 rings (SSSR count). The Morgan fingerprint density at radius 1 is 0.882 bits per heavy atom. The molecule has 0 heterocycles. The molecule has 0 unspecified atom stereocenters. The highest BCUT2D eigenvalue weighted by Gasteiger charge is 1.92. The van der Waals surface area contributed by atoms with Crippen LogP contribution >= 0.6 is 0 Å². The molecular formula is C15H29NO. The molecule has 0 saturated heterocycles. The molecule has 0 fully saturated rings. The van der Waals surface area contributed by atoms with Crippen LogP contribution < -0.4 is 5.73 Å². The van der Waals surface area contributed by atoms with Crippen molar-refractivity contribution in [3.05, 3.63) is 12.2 Å². The quantitative estimate of drug-likeness (QED) is 0.399. The van der Waals surface area contributed by atoms with Crippen LogP contribution in [0.15, 0.2) is 12.2 Å². The third-order valence-electron chi connectivity index (χ3n) is 3.01. The Hall–Kier alpha value is -0.790. The normalized spacial score (nSPS) is 11.1. The van der Waals surface area contributed by atoms with Gasteiger partial charge in [0.1, 0.15) is 0 Å². The lowest BCUT2D eigenvalue weighted by Gasteiger charge is -2.01. The van der Waals surface area contributed by atoms with Crippen molar-refractivity contribution in [1.82, 2.24) is 0 Å². The molecule has 2 heteroatoms. The molecule has 2 nitrogen and oxygen atoms in total. The summed E-state index contributed by atoms with van der Waals surface area (Å²) in [5, 5.41) is 0. The SMILES string of the molecule is CCCCCCCCCCCCC=CC(N)=O. The molecule has 0 bridgehead atoms. The van der Waals surface area contributed by atoms with Gasteiger partial charge in [0.2, 0.25) is 5.91 Å². The third kappa shape index (κ3) is 15.2. The number of nitrogens with two attached hydrogens (primary N) is 1. The molecule has 0 aliphatic carbocycles. The van der Waals surface area contributed by atoms with E-state index in [-0.39, 0.29) is 5.91 Å². The second kappa shape index (κ2) is 13.3. The molecule has 0 aromatic carbocycles. The number of allylic oxidation sites excluding steroid dienone is 1. The Morgan fingerprint density at radius 3 is 1.82 bits per heavy atom. The molecule has 0 aliphatic rings. The van der Waals surface area contributed by atoms with E-state index in [0.717, 1.165) is 6.42 Å². The van der Waals surface area contributed by atoms with E-state index in [1.165, 1.54) is 70.3 Å². The second-order valence-electron chi connectivity index (χ2n) is 4.78. The first kappa shape index (κ1) is 16.2. The largest absolute Gasteiger partial charge is 0.366 e. The van der Waals surface area contributed by atoms with Crippen LogP contribution in [-0.2, 0) is 4.79 Å². The van der Waals surface area contributed by atoms with Crippen molar-refractivity contribution in [3.8, 4) is 0 Å². The number of primary amides is 1. The summed E-state index contributed by atoms with van der Waals surface area (Å²) in [6, 6.07) is 0. The molecule has 0 aromatic rings. The van der Waals surface area contributed by atoms with Gasteiger partial charge in [-0.2, -0.15) is 0 Å². The Labute approximate surface area is 107 Å². The highest BCUT2D eigenvalue weighted by molar-refractivity contribution is 5.85. The van der Waals surface area contributed by atoms with E-state index in [4.69, 9.17) is 5.73 Å². The molecule has 0 spiro atoms. The molecule has 100 valence electrons. The van der Waals surface area contributed by atoms with Crippen molar-refractivity contribution in [2.24, 2.45) is 5.73 Å². The van der Waals surface area contributed by atoms with Gasteiger partial charge in [-0.15, -0.1) is 0 Å². The number of carbonyl (C=O) groups excluding carboxylic acids is 1. The zero-order valence-electron chi connectivity index (χ0n) is 11.4. The monoisotopic (exact) mass is 239 g/mol. The first-order valence-electron chi connectivity index (χ1n) is 7.23. The number of hydrogen-bond acceptors (Lipinski definition) is 1. The standard InChI is InChI=1S/C15H29NO/c1-2-3-4-5-6-7-8-9-10-11-12-13-14-15(16)17/h13-14H,2-12H2,1H3,(H2,16,17). The number of carbonyl (C=O) groups is 1. The van der Waals surface area contributed by atoms with Crippen molar-refractivity contribution in [2.75, 3.05) is 0 Å². The lowest BCUT2D eigenvalue weighted by molar-refractivity contribution is -0.113. The molecule has 0 aliphatic heterocycles. The zero-order valence-corrected chi connectivity index (χ0v) is 11.4. The van der Waals surface area contributed by atoms with Gasteiger partial charge in [-0.1, -0.05) is 70.8 Å². The summed E-state index contributed by atoms with van der Waals surface area (Å²) in [7, 11) is 0. The molecule has 0 aromatic heterocycles. The molecule has 0 radical (unpaired) electrons. The highest BCUT2D eigenvalue weighted by Crippen LogP contribution is 2.11. The Morgan fingerprint density at radius 2 is 1.35 bits per heavy atom. The van der Waals surface area contributed by atoms with E-state index in [9.17, 15) is 4.79 Å². The van der Waals surface area contributed by atoms with Crippen molar-refractivity contribution in [1.29, 1.82) is 0 Å². The number of rotatable bonds is 12. The van der Waals surface area contributed by atoms with Gasteiger partial charge in [0.15, 0.2) is 0 Å². The van der Waals surface area contributed by atoms with E-state index < -0.39 is 0 Å². The predicted octanol–water partition coefficient (Wildman–Crippen LogP) is 4.34. The van der Waals surface area contributed by atoms with Gasteiger partial charge >= 0.3 is 0 Å². The number of unbranched alkanes of at least 4 members (excludes halogenated alkanes) is 10. The van der Waals surface area contributed by atoms with Crippen LogP contribution in [-0.4, -0.2) is 5.91 Å². The lowest BCUT2D eigenvalue weighted by Crippen LogP contribution is -2.05. The zero-order chi connectivity index (χ0) is 12.8. The van der Waals surface area contributed by atoms with Gasteiger partial charge in [-0.3, -0.25) is 4.79 Å². The highest BCUT2D eigenvalue weighted by atomic mass is 16.1. The maximum Gasteiger partial charge on any atom is 0.241 e. The summed E-state index contributed by atoms with van der Waals surface area (Å²) in [6.45, 7) is 2.26. The number of amides is 1. The van der Waals surface area contributed by atoms with Gasteiger partial charge in [0.05, 0.1) is 0 Å². The van der Waals surface area contributed by atoms with E-state index in [2.05, 4.69) is 6.92 Å². The Balaban J connectivity index is 3.01. The summed E-state index contributed by atoms with van der Waals surface area (Å²) in [4.78, 5) is 10.4. The topological polar surface area (TPSA) is 43.1 Å². The molecule has 1 amide bonds. The Kier molecular flexibility index (Phi) is 12.7. The minimum Gasteiger partial charge on any atom is -0.366 e. The van der Waals surface area contributed by atoms with Crippen molar-refractivity contribution in [2.45, 2.75) is 77.6 Å². The molecule has 0 atom stereocenters. The minimum atomic E-state index is -0.336. The molecular weight excluding hydrogens is 210 g/mol. The fourth-order valence-electron chi connectivity index (χ4n) is 1.95. The predicted molar refractivity (Wildman–Crippen MR) is 74.8 cm³/mol. The fourth-order valence-corrected chi connectivity index (χ4v) is 1.95. The number of hydrogen-bond donors (Lipinski definition) is 1. The van der Waals surface area contributed by atoms with Gasteiger partial charge in [-0.25, -0.2) is 0 Å². The van der Waals surface area contributed by atoms with Crippen LogP contribution in [0.1, 0.15) is 77.6 Å². The summed E-state index contributed by atoms with van der Waals surface area (Å²) < 4.78 is 0. The van der Waals surface area contributed by atoms with Crippen LogP contribution in [0.4, 0.5) is 0 Å². The van der Waals surface area contributed by atoms with Crippen molar-refractivity contribution in [3.63, 3.8) is 0 Å². The molecule has 17 heavy (non-hydrogen) atoms. The molecule has 2 N–H and O–H groups in total. The van der Waals surface area contributed by atoms with Gasteiger partial charge in [-0.05, 0) is 18.9 Å². The van der Waals surface area contributed by atoms with E-state index in [1.807, 2.05) is 6.08 Å². The van der Waals surface area contributed by atoms with E-state index in [1.54, 1.807) is 0 Å². The van der Waals surface area contributed by atoms with Crippen molar-refractivity contribution < 1.29 is 4.79 Å². The van der Waals surface area contributed by atoms with E-state index >= 15 is 0 Å². The third-order valence-corrected chi connectivity index (χ3v) is 3.01. The average molecular weight is 239 g/mol. The van der Waals surface area contributed by atoms with Gasteiger partial charge in [0.25, 0.3) is 0 Å². The van der Waals surface area contributed by atoms with Crippen molar-refractivity contribution >= 4 is 5.91 Å². The summed E-state index contributed by atoms with van der Waals surface area (Å²) in [5.74, 6) is -0.336. The smallest absolute Gasteiger partial charge is 0.241 e. The van der Waals surface area contributed by atoms with Gasteiger partial charge in [0, 0.05) is 0 Å².